The molecule has 0 aliphatic rings. The lowest BCUT2D eigenvalue weighted by atomic mass is 10.2. The van der Waals surface area contributed by atoms with Crippen LogP contribution in [0.15, 0.2) is 48.5 Å². The zero-order valence-corrected chi connectivity index (χ0v) is 20.0. The molecule has 0 bridgehead atoms. The van der Waals surface area contributed by atoms with Crippen LogP contribution in [0.2, 0.25) is 0 Å². The predicted molar refractivity (Wildman–Crippen MR) is 139 cm³/mol. The molecule has 0 radical (unpaired) electrons. The first kappa shape index (κ1) is 30.8. The van der Waals surface area contributed by atoms with Crippen molar-refractivity contribution >= 4 is 41.0 Å². The Morgan fingerprint density at radius 2 is 1.57 bits per heavy atom. The van der Waals surface area contributed by atoms with Crippen LogP contribution in [-0.2, 0) is 19.1 Å². The van der Waals surface area contributed by atoms with Gasteiger partial charge in [-0.05, 0) is 48.5 Å². The zero-order chi connectivity index (χ0) is 26.6. The van der Waals surface area contributed by atoms with E-state index in [2.05, 4.69) is 28.4 Å². The van der Waals surface area contributed by atoms with Crippen molar-refractivity contribution in [2.45, 2.75) is 12.8 Å². The molecule has 0 fully saturated rings. The van der Waals surface area contributed by atoms with Gasteiger partial charge in [-0.3, -0.25) is 15.0 Å². The van der Waals surface area contributed by atoms with Crippen LogP contribution in [0, 0.1) is 18.3 Å². The van der Waals surface area contributed by atoms with Crippen LogP contribution in [0.25, 0.3) is 0 Å². The largest absolute Gasteiger partial charge is 0.387 e. The van der Waals surface area contributed by atoms with E-state index in [4.69, 9.17) is 21.0 Å². The molecule has 0 saturated heterocycles. The third-order valence-corrected chi connectivity index (χ3v) is 4.34. The summed E-state index contributed by atoms with van der Waals surface area (Å²) in [6.45, 7) is 0.966. The van der Waals surface area contributed by atoms with Crippen molar-refractivity contribution in [1.82, 2.24) is 0 Å². The number of benzene rings is 2. The lowest BCUT2D eigenvalue weighted by molar-refractivity contribution is -0.119. The first-order chi connectivity index (χ1) is 16.8. The van der Waals surface area contributed by atoms with Crippen LogP contribution in [0.4, 0.5) is 17.1 Å². The molecule has 0 heterocycles. The topological polar surface area (TPSA) is 158 Å². The third kappa shape index (κ3) is 13.2. The maximum atomic E-state index is 11.3. The number of amides is 2. The van der Waals surface area contributed by atoms with Gasteiger partial charge in [-0.25, -0.2) is 0 Å². The second kappa shape index (κ2) is 18.3. The fourth-order valence-corrected chi connectivity index (χ4v) is 2.50. The van der Waals surface area contributed by atoms with Gasteiger partial charge in [0.25, 0.3) is 0 Å². The molecule has 10 nitrogen and oxygen atoms in total. The highest BCUT2D eigenvalue weighted by Crippen LogP contribution is 2.16. The van der Waals surface area contributed by atoms with Gasteiger partial charge in [-0.2, -0.15) is 0 Å². The van der Waals surface area contributed by atoms with Crippen molar-refractivity contribution in [3.05, 3.63) is 54.1 Å². The van der Waals surface area contributed by atoms with Gasteiger partial charge in [0.2, 0.25) is 11.8 Å². The molecule has 2 rings (SSSR count). The van der Waals surface area contributed by atoms with Gasteiger partial charge >= 0.3 is 0 Å². The molecule has 0 saturated carbocycles. The van der Waals surface area contributed by atoms with Gasteiger partial charge in [0.15, 0.2) is 0 Å². The number of methoxy groups -OCH3 is 1. The van der Waals surface area contributed by atoms with E-state index in [1.54, 1.807) is 43.5 Å². The molecule has 2 amide bonds. The molecule has 0 aromatic heterocycles. The Labute approximate surface area is 206 Å². The number of carbonyl (C=O) groups is 3. The molecular weight excluding hydrogens is 450 g/mol. The van der Waals surface area contributed by atoms with Crippen LogP contribution >= 0.6 is 0 Å². The predicted octanol–water partition coefficient (Wildman–Crippen LogP) is 1.84. The number of carbonyl (C=O) groups excluding carboxylic acids is 3. The Morgan fingerprint density at radius 3 is 2.03 bits per heavy atom. The minimum absolute atomic E-state index is 0.0150. The number of aliphatic hydroxyl groups excluding tert-OH is 1. The van der Waals surface area contributed by atoms with Crippen LogP contribution < -0.4 is 21.3 Å². The van der Waals surface area contributed by atoms with Crippen molar-refractivity contribution in [2.75, 3.05) is 49.4 Å². The van der Waals surface area contributed by atoms with Gasteiger partial charge in [0, 0.05) is 56.2 Å². The first-order valence-electron chi connectivity index (χ1n) is 10.5. The summed E-state index contributed by atoms with van der Waals surface area (Å²) in [7, 11) is 3.64. The Hall–Kier alpha value is -4.20. The quantitative estimate of drug-likeness (QED) is 0.141. The van der Waals surface area contributed by atoms with E-state index in [1.165, 1.54) is 0 Å². The number of terminal acetylenes is 1. The highest BCUT2D eigenvalue weighted by Gasteiger charge is 2.03. The monoisotopic (exact) mass is 483 g/mol. The summed E-state index contributed by atoms with van der Waals surface area (Å²) in [5.74, 6) is -0.632. The lowest BCUT2D eigenvalue weighted by Crippen LogP contribution is -2.22. The average molecular weight is 484 g/mol. The Balaban J connectivity index is 0.000000618. The van der Waals surface area contributed by atoms with Gasteiger partial charge in [-0.15, -0.1) is 12.8 Å². The Kier molecular flexibility index (Phi) is 16.1. The smallest absolute Gasteiger partial charge is 0.250 e. The van der Waals surface area contributed by atoms with E-state index < -0.39 is 12.5 Å². The number of amidine groups is 1. The van der Waals surface area contributed by atoms with E-state index >= 15 is 0 Å². The summed E-state index contributed by atoms with van der Waals surface area (Å²) < 4.78 is 5.00. The van der Waals surface area contributed by atoms with Crippen LogP contribution in [0.5, 0.6) is 0 Å². The summed E-state index contributed by atoms with van der Waals surface area (Å²) >= 11 is 0. The van der Waals surface area contributed by atoms with Crippen molar-refractivity contribution in [3.8, 4) is 12.8 Å². The summed E-state index contributed by atoms with van der Waals surface area (Å²) in [5.41, 5.74) is 8.24. The number of rotatable bonds is 11. The lowest BCUT2D eigenvalue weighted by Gasteiger charge is -2.19. The standard InChI is InChI=1S/C12H18N2O3.C11H13N3O2.C2H2/c1-14(7-8-17-2)11-5-3-10(4-6-11)13-12(16)9-15;12-11(13)8-3-5-9(6-4-8)14-10(16)2-1-7-15;1-2/h3-6,15H,7-9H2,1-2H3,(H,13,16);3-7H,1-2H2,(H3,12,13)(H,14,16);1-2H. The summed E-state index contributed by atoms with van der Waals surface area (Å²) in [5, 5.41) is 21.0. The number of nitrogen functional groups attached to an aromatic ring is 1. The maximum Gasteiger partial charge on any atom is 0.250 e. The normalized spacial score (nSPS) is 9.29. The number of nitrogens with one attached hydrogen (secondary N) is 3. The molecule has 6 N–H and O–H groups in total. The first-order valence-corrected chi connectivity index (χ1v) is 10.5. The number of anilines is 3. The summed E-state index contributed by atoms with van der Waals surface area (Å²) in [4.78, 5) is 34.3. The van der Waals surface area contributed by atoms with Crippen LogP contribution in [-0.4, -0.2) is 63.0 Å². The van der Waals surface area contributed by atoms with E-state index in [0.29, 0.717) is 29.8 Å². The fourth-order valence-electron chi connectivity index (χ4n) is 2.50. The van der Waals surface area contributed by atoms with Gasteiger partial charge in [-0.1, -0.05) is 0 Å². The van der Waals surface area contributed by atoms with Crippen molar-refractivity contribution in [3.63, 3.8) is 0 Å². The molecule has 0 atom stereocenters. The van der Waals surface area contributed by atoms with Gasteiger partial charge in [0.05, 0.1) is 6.61 Å². The number of nitrogens with zero attached hydrogens (tertiary/aromatic N) is 1. The number of ether oxygens (including phenoxy) is 1. The van der Waals surface area contributed by atoms with E-state index in [-0.39, 0.29) is 24.6 Å². The molecule has 0 spiro atoms. The van der Waals surface area contributed by atoms with E-state index in [1.807, 2.05) is 19.2 Å². The molecule has 2 aromatic carbocycles. The molecule has 10 heteroatoms. The minimum atomic E-state index is -0.504. The number of likely N-dealkylation sites (N-methyl/N-ethyl adjacent to an activating group) is 1. The molecule has 188 valence electrons. The number of hydrogen-bond acceptors (Lipinski definition) is 7. The zero-order valence-electron chi connectivity index (χ0n) is 20.0. The van der Waals surface area contributed by atoms with Crippen molar-refractivity contribution in [1.29, 1.82) is 5.41 Å². The second-order valence-electron chi connectivity index (χ2n) is 6.91. The van der Waals surface area contributed by atoms with E-state index in [0.717, 1.165) is 12.2 Å². The van der Waals surface area contributed by atoms with Gasteiger partial charge in [0.1, 0.15) is 18.7 Å². The highest BCUT2D eigenvalue weighted by molar-refractivity contribution is 5.96. The second-order valence-corrected chi connectivity index (χ2v) is 6.91. The van der Waals surface area contributed by atoms with Crippen molar-refractivity contribution < 1.29 is 24.2 Å². The summed E-state index contributed by atoms with van der Waals surface area (Å²) in [6, 6.07) is 14.0. The SMILES string of the molecule is C#C.COCCN(C)c1ccc(NC(=O)CO)cc1.N=C(N)c1ccc(NC(=O)CCC=O)cc1. The number of aldehydes is 1. The number of aliphatic hydroxyl groups is 1. The fraction of sp³-hybridized carbons (Fsp3) is 0.280. The molecule has 35 heavy (non-hydrogen) atoms. The molecule has 2 aromatic rings. The molecule has 0 unspecified atom stereocenters. The molecular formula is C25H33N5O5. The number of hydrogen-bond donors (Lipinski definition) is 5. The Morgan fingerprint density at radius 1 is 1.06 bits per heavy atom. The molecule has 0 aliphatic heterocycles. The average Bonchev–Trinajstić information content (AvgIpc) is 2.88. The third-order valence-electron chi connectivity index (χ3n) is 4.34. The van der Waals surface area contributed by atoms with Crippen LogP contribution in [0.3, 0.4) is 0 Å². The van der Waals surface area contributed by atoms with E-state index in [9.17, 15) is 14.4 Å². The van der Waals surface area contributed by atoms with Crippen molar-refractivity contribution in [2.24, 2.45) is 5.73 Å². The maximum absolute atomic E-state index is 11.3. The van der Waals surface area contributed by atoms with Gasteiger partial charge < -0.3 is 35.9 Å². The molecule has 0 aliphatic carbocycles. The van der Waals surface area contributed by atoms with Crippen LogP contribution in [0.1, 0.15) is 18.4 Å². The number of nitrogens with two attached hydrogens (primary N) is 1. The highest BCUT2D eigenvalue weighted by atomic mass is 16.5. The summed E-state index contributed by atoms with van der Waals surface area (Å²) in [6.07, 6.45) is 9.10. The Bertz CT molecular complexity index is 943. The minimum Gasteiger partial charge on any atom is -0.387 e.